The van der Waals surface area contributed by atoms with Gasteiger partial charge in [-0.1, -0.05) is 0 Å². The Morgan fingerprint density at radius 2 is 2.06 bits per heavy atom. The molecular formula is C10H13N5O. The van der Waals surface area contributed by atoms with Crippen LogP contribution in [0.15, 0.2) is 24.8 Å². The summed E-state index contributed by atoms with van der Waals surface area (Å²) in [6.45, 7) is 4.07. The summed E-state index contributed by atoms with van der Waals surface area (Å²) in [5.41, 5.74) is 5.61. The molecule has 84 valence electrons. The van der Waals surface area contributed by atoms with Crippen molar-refractivity contribution in [3.63, 3.8) is 0 Å². The standard InChI is InChI=1S/C10H13N5O/c1-7(2)15-6-8(5-14-15)16-10-9(11)12-3-4-13-10/h3-7H,1-2H3,(H2,11,12). The van der Waals surface area contributed by atoms with Crippen LogP contribution >= 0.6 is 0 Å². The van der Waals surface area contributed by atoms with Crippen LogP contribution in [0.4, 0.5) is 5.82 Å². The van der Waals surface area contributed by atoms with E-state index in [2.05, 4.69) is 15.1 Å². The Morgan fingerprint density at radius 1 is 1.31 bits per heavy atom. The van der Waals surface area contributed by atoms with Crippen molar-refractivity contribution in [1.29, 1.82) is 0 Å². The molecule has 2 rings (SSSR count). The van der Waals surface area contributed by atoms with Crippen molar-refractivity contribution >= 4 is 5.82 Å². The highest BCUT2D eigenvalue weighted by molar-refractivity contribution is 5.41. The molecule has 16 heavy (non-hydrogen) atoms. The summed E-state index contributed by atoms with van der Waals surface area (Å²) in [4.78, 5) is 7.86. The Balaban J connectivity index is 2.18. The van der Waals surface area contributed by atoms with E-state index in [4.69, 9.17) is 10.5 Å². The molecule has 0 atom stereocenters. The van der Waals surface area contributed by atoms with Gasteiger partial charge >= 0.3 is 0 Å². The number of ether oxygens (including phenoxy) is 1. The largest absolute Gasteiger partial charge is 0.433 e. The third-order valence-electron chi connectivity index (χ3n) is 2.01. The minimum Gasteiger partial charge on any atom is -0.433 e. The van der Waals surface area contributed by atoms with Crippen LogP contribution in [0.2, 0.25) is 0 Å². The van der Waals surface area contributed by atoms with Crippen molar-refractivity contribution in [2.45, 2.75) is 19.9 Å². The van der Waals surface area contributed by atoms with Gasteiger partial charge in [0.1, 0.15) is 0 Å². The number of aromatic nitrogens is 4. The van der Waals surface area contributed by atoms with Crippen molar-refractivity contribution in [1.82, 2.24) is 19.7 Å². The number of hydrogen-bond donors (Lipinski definition) is 1. The third-order valence-corrected chi connectivity index (χ3v) is 2.01. The smallest absolute Gasteiger partial charge is 0.262 e. The van der Waals surface area contributed by atoms with E-state index in [9.17, 15) is 0 Å². The quantitative estimate of drug-likeness (QED) is 0.848. The van der Waals surface area contributed by atoms with E-state index in [1.165, 1.54) is 12.4 Å². The van der Waals surface area contributed by atoms with Crippen LogP contribution in [0.5, 0.6) is 11.6 Å². The van der Waals surface area contributed by atoms with E-state index in [1.54, 1.807) is 17.1 Å². The molecule has 0 aromatic carbocycles. The van der Waals surface area contributed by atoms with E-state index >= 15 is 0 Å². The van der Waals surface area contributed by atoms with Crippen LogP contribution in [0.25, 0.3) is 0 Å². The first-order valence-electron chi connectivity index (χ1n) is 4.95. The second kappa shape index (κ2) is 4.18. The molecule has 2 aromatic rings. The van der Waals surface area contributed by atoms with Crippen molar-refractivity contribution < 1.29 is 4.74 Å². The molecule has 0 aliphatic carbocycles. The summed E-state index contributed by atoms with van der Waals surface area (Å²) < 4.78 is 7.25. The fourth-order valence-electron chi connectivity index (χ4n) is 1.18. The van der Waals surface area contributed by atoms with Crippen LogP contribution in [-0.4, -0.2) is 19.7 Å². The van der Waals surface area contributed by atoms with Gasteiger partial charge in [-0.05, 0) is 13.8 Å². The summed E-state index contributed by atoms with van der Waals surface area (Å²) in [5.74, 6) is 1.16. The van der Waals surface area contributed by atoms with Gasteiger partial charge in [-0.25, -0.2) is 9.97 Å². The summed E-state index contributed by atoms with van der Waals surface area (Å²) in [6, 6.07) is 0.288. The third kappa shape index (κ3) is 2.10. The number of anilines is 1. The highest BCUT2D eigenvalue weighted by Crippen LogP contribution is 2.22. The lowest BCUT2D eigenvalue weighted by atomic mass is 10.4. The van der Waals surface area contributed by atoms with Gasteiger partial charge in [0.15, 0.2) is 11.6 Å². The predicted octanol–water partition coefficient (Wildman–Crippen LogP) is 1.63. The lowest BCUT2D eigenvalue weighted by Gasteiger charge is -2.04. The van der Waals surface area contributed by atoms with E-state index in [0.717, 1.165) is 0 Å². The molecule has 2 aromatic heterocycles. The summed E-state index contributed by atoms with van der Waals surface area (Å²) in [6.07, 6.45) is 6.45. The van der Waals surface area contributed by atoms with Crippen molar-refractivity contribution in [2.24, 2.45) is 0 Å². The second-order valence-electron chi connectivity index (χ2n) is 3.60. The van der Waals surface area contributed by atoms with Gasteiger partial charge in [0.2, 0.25) is 0 Å². The zero-order valence-electron chi connectivity index (χ0n) is 9.16. The molecular weight excluding hydrogens is 206 g/mol. The molecule has 6 nitrogen and oxygen atoms in total. The molecule has 0 fully saturated rings. The fraction of sp³-hybridized carbons (Fsp3) is 0.300. The average Bonchev–Trinajstić information content (AvgIpc) is 2.70. The summed E-state index contributed by atoms with van der Waals surface area (Å²) in [5, 5.41) is 4.14. The molecule has 0 unspecified atom stereocenters. The van der Waals surface area contributed by atoms with Crippen molar-refractivity contribution in [3.8, 4) is 11.6 Å². The first-order chi connectivity index (χ1) is 7.66. The van der Waals surface area contributed by atoms with Gasteiger partial charge in [-0.3, -0.25) is 4.68 Å². The maximum atomic E-state index is 5.61. The molecule has 0 saturated carbocycles. The Hall–Kier alpha value is -2.11. The van der Waals surface area contributed by atoms with Gasteiger partial charge in [0, 0.05) is 18.4 Å². The highest BCUT2D eigenvalue weighted by atomic mass is 16.5. The van der Waals surface area contributed by atoms with Crippen molar-refractivity contribution in [2.75, 3.05) is 5.73 Å². The van der Waals surface area contributed by atoms with E-state index in [0.29, 0.717) is 11.6 Å². The van der Waals surface area contributed by atoms with Gasteiger partial charge in [0.05, 0.1) is 12.4 Å². The molecule has 0 radical (unpaired) electrons. The monoisotopic (exact) mass is 219 g/mol. The molecule has 2 heterocycles. The Bertz CT molecular complexity index is 480. The van der Waals surface area contributed by atoms with Gasteiger partial charge < -0.3 is 10.5 Å². The predicted molar refractivity (Wildman–Crippen MR) is 59.1 cm³/mol. The maximum absolute atomic E-state index is 5.61. The molecule has 0 amide bonds. The number of hydrogen-bond acceptors (Lipinski definition) is 5. The lowest BCUT2D eigenvalue weighted by molar-refractivity contribution is 0.459. The van der Waals surface area contributed by atoms with E-state index < -0.39 is 0 Å². The number of nitrogens with two attached hydrogens (primary N) is 1. The van der Waals surface area contributed by atoms with E-state index in [-0.39, 0.29) is 11.9 Å². The molecule has 0 spiro atoms. The van der Waals surface area contributed by atoms with Gasteiger partial charge in [0.25, 0.3) is 5.88 Å². The van der Waals surface area contributed by atoms with Crippen LogP contribution < -0.4 is 10.5 Å². The van der Waals surface area contributed by atoms with Crippen LogP contribution in [0, 0.1) is 0 Å². The second-order valence-corrected chi connectivity index (χ2v) is 3.60. The first-order valence-corrected chi connectivity index (χ1v) is 4.95. The SMILES string of the molecule is CC(C)n1cc(Oc2nccnc2N)cn1. The first kappa shape index (κ1) is 10.4. The highest BCUT2D eigenvalue weighted by Gasteiger charge is 2.07. The van der Waals surface area contributed by atoms with Crippen LogP contribution in [-0.2, 0) is 0 Å². The molecule has 0 bridgehead atoms. The Morgan fingerprint density at radius 3 is 2.69 bits per heavy atom. The molecule has 0 aliphatic rings. The number of nitrogen functional groups attached to an aromatic ring is 1. The zero-order valence-corrected chi connectivity index (χ0v) is 9.16. The molecule has 0 aliphatic heterocycles. The summed E-state index contributed by atoms with van der Waals surface area (Å²) in [7, 11) is 0. The van der Waals surface area contributed by atoms with Crippen LogP contribution in [0.1, 0.15) is 19.9 Å². The van der Waals surface area contributed by atoms with Crippen LogP contribution in [0.3, 0.4) is 0 Å². The fourth-order valence-corrected chi connectivity index (χ4v) is 1.18. The number of nitrogens with zero attached hydrogens (tertiary/aromatic N) is 4. The van der Waals surface area contributed by atoms with Gasteiger partial charge in [-0.15, -0.1) is 0 Å². The normalized spacial score (nSPS) is 10.7. The van der Waals surface area contributed by atoms with E-state index in [1.807, 2.05) is 13.8 Å². The average molecular weight is 219 g/mol. The van der Waals surface area contributed by atoms with Crippen molar-refractivity contribution in [3.05, 3.63) is 24.8 Å². The lowest BCUT2D eigenvalue weighted by Crippen LogP contribution is -2.00. The molecule has 6 heteroatoms. The Labute approximate surface area is 93.1 Å². The van der Waals surface area contributed by atoms with Gasteiger partial charge in [-0.2, -0.15) is 5.10 Å². The Kier molecular flexibility index (Phi) is 2.72. The molecule has 2 N–H and O–H groups in total. The maximum Gasteiger partial charge on any atom is 0.262 e. The minimum absolute atomic E-state index is 0.264. The minimum atomic E-state index is 0.264. The summed E-state index contributed by atoms with van der Waals surface area (Å²) >= 11 is 0. The number of rotatable bonds is 3. The molecule has 0 saturated heterocycles. The zero-order chi connectivity index (χ0) is 11.5. The topological polar surface area (TPSA) is 78.8 Å².